The number of sulfonamides is 1. The minimum Gasteiger partial charge on any atom is -0.489 e. The molecule has 22 heavy (non-hydrogen) atoms. The van der Waals surface area contributed by atoms with Crippen molar-refractivity contribution in [3.63, 3.8) is 0 Å². The Labute approximate surface area is 131 Å². The highest BCUT2D eigenvalue weighted by atomic mass is 32.2. The molecule has 0 saturated heterocycles. The molecule has 0 fully saturated rings. The van der Waals surface area contributed by atoms with Crippen LogP contribution in [0.15, 0.2) is 54.6 Å². The van der Waals surface area contributed by atoms with Gasteiger partial charge in [-0.2, -0.15) is 4.31 Å². The normalized spacial score (nSPS) is 19.0. The van der Waals surface area contributed by atoms with E-state index in [4.69, 9.17) is 4.74 Å². The van der Waals surface area contributed by atoms with Crippen LogP contribution < -0.4 is 4.74 Å². The van der Waals surface area contributed by atoms with Crippen LogP contribution in [0.25, 0.3) is 0 Å². The molecule has 0 amide bonds. The van der Waals surface area contributed by atoms with Crippen LogP contribution in [0, 0.1) is 0 Å². The van der Waals surface area contributed by atoms with Crippen LogP contribution >= 0.6 is 0 Å². The average Bonchev–Trinajstić information content (AvgIpc) is 2.66. The molecule has 1 aliphatic heterocycles. The quantitative estimate of drug-likeness (QED) is 0.874. The highest BCUT2D eigenvalue weighted by Gasteiger charge is 2.28. The molecular formula is C17H19NO3S. The maximum Gasteiger partial charge on any atom is 0.218 e. The minimum atomic E-state index is -3.38. The van der Waals surface area contributed by atoms with E-state index in [2.05, 4.69) is 0 Å². The molecule has 1 unspecified atom stereocenters. The van der Waals surface area contributed by atoms with E-state index in [0.717, 1.165) is 16.9 Å². The lowest BCUT2D eigenvalue weighted by atomic mass is 10.2. The maximum absolute atomic E-state index is 12.7. The summed E-state index contributed by atoms with van der Waals surface area (Å²) in [4.78, 5) is 0. The summed E-state index contributed by atoms with van der Waals surface area (Å²) in [5.41, 5.74) is 1.71. The van der Waals surface area contributed by atoms with E-state index in [0.29, 0.717) is 13.1 Å². The van der Waals surface area contributed by atoms with Gasteiger partial charge in [-0.15, -0.1) is 0 Å². The van der Waals surface area contributed by atoms with Crippen LogP contribution in [0.4, 0.5) is 0 Å². The Morgan fingerprint density at radius 2 is 1.77 bits per heavy atom. The van der Waals surface area contributed by atoms with Crippen LogP contribution in [0.3, 0.4) is 0 Å². The van der Waals surface area contributed by atoms with Crippen molar-refractivity contribution in [2.45, 2.75) is 25.3 Å². The summed E-state index contributed by atoms with van der Waals surface area (Å²) in [5, 5.41) is 0. The first-order valence-electron chi connectivity index (χ1n) is 7.31. The summed E-state index contributed by atoms with van der Waals surface area (Å²) in [7, 11) is -3.38. The van der Waals surface area contributed by atoms with Crippen LogP contribution in [0.2, 0.25) is 0 Å². The largest absolute Gasteiger partial charge is 0.489 e. The van der Waals surface area contributed by atoms with Gasteiger partial charge in [0.2, 0.25) is 10.0 Å². The van der Waals surface area contributed by atoms with Crippen molar-refractivity contribution < 1.29 is 13.2 Å². The molecule has 0 saturated carbocycles. The Morgan fingerprint density at radius 3 is 2.55 bits per heavy atom. The Morgan fingerprint density at radius 1 is 1.09 bits per heavy atom. The Hall–Kier alpha value is -1.85. The minimum absolute atomic E-state index is 0.0166. The zero-order chi connectivity index (χ0) is 15.6. The molecule has 3 rings (SSSR count). The van der Waals surface area contributed by atoms with E-state index in [1.54, 1.807) is 0 Å². The molecule has 1 atom stereocenters. The van der Waals surface area contributed by atoms with Gasteiger partial charge in [0.05, 0.1) is 12.3 Å². The summed E-state index contributed by atoms with van der Waals surface area (Å²) in [5.74, 6) is 0.787. The maximum atomic E-state index is 12.7. The van der Waals surface area contributed by atoms with Gasteiger partial charge in [-0.05, 0) is 18.6 Å². The summed E-state index contributed by atoms with van der Waals surface area (Å²) in [6, 6.07) is 16.9. The molecule has 4 nitrogen and oxygen atoms in total. The first-order valence-corrected chi connectivity index (χ1v) is 8.92. The van der Waals surface area contributed by atoms with Gasteiger partial charge in [0.25, 0.3) is 0 Å². The van der Waals surface area contributed by atoms with Gasteiger partial charge >= 0.3 is 0 Å². The van der Waals surface area contributed by atoms with Gasteiger partial charge in [-0.25, -0.2) is 8.42 Å². The number of nitrogens with zero attached hydrogens (tertiary/aromatic N) is 1. The van der Waals surface area contributed by atoms with Crippen molar-refractivity contribution in [1.29, 1.82) is 0 Å². The fourth-order valence-electron chi connectivity index (χ4n) is 2.63. The van der Waals surface area contributed by atoms with Gasteiger partial charge in [0.1, 0.15) is 11.9 Å². The van der Waals surface area contributed by atoms with E-state index in [1.807, 2.05) is 61.5 Å². The molecule has 0 bridgehead atoms. The second kappa shape index (κ2) is 6.10. The van der Waals surface area contributed by atoms with Crippen LogP contribution in [0.1, 0.15) is 18.1 Å². The fourth-order valence-corrected chi connectivity index (χ4v) is 4.20. The molecular weight excluding hydrogens is 298 g/mol. The van der Waals surface area contributed by atoms with Crippen molar-refractivity contribution in [3.05, 3.63) is 65.7 Å². The van der Waals surface area contributed by atoms with Crippen LogP contribution in [-0.2, 0) is 22.3 Å². The summed E-state index contributed by atoms with van der Waals surface area (Å²) >= 11 is 0. The fraction of sp³-hybridized carbons (Fsp3) is 0.294. The van der Waals surface area contributed by atoms with Crippen LogP contribution in [0.5, 0.6) is 5.75 Å². The van der Waals surface area contributed by atoms with Gasteiger partial charge in [-0.3, -0.25) is 0 Å². The van der Waals surface area contributed by atoms with Gasteiger partial charge < -0.3 is 4.74 Å². The van der Waals surface area contributed by atoms with Crippen molar-refractivity contribution in [1.82, 2.24) is 4.31 Å². The van der Waals surface area contributed by atoms with E-state index in [1.165, 1.54) is 4.31 Å². The standard InChI is InChI=1S/C17H19NO3S/c1-14-11-18(12-16-9-5-6-10-17(16)21-14)22(19,20)13-15-7-3-2-4-8-15/h2-10,14H,11-13H2,1H3. The Kier molecular flexibility index (Phi) is 4.18. The predicted octanol–water partition coefficient (Wildman–Crippen LogP) is 2.80. The molecule has 1 aliphatic rings. The van der Waals surface area contributed by atoms with E-state index < -0.39 is 10.0 Å². The third-order valence-electron chi connectivity index (χ3n) is 3.69. The number of hydrogen-bond donors (Lipinski definition) is 0. The lowest BCUT2D eigenvalue weighted by Crippen LogP contribution is -2.36. The summed E-state index contributed by atoms with van der Waals surface area (Å²) in [6.07, 6.45) is -0.172. The summed E-state index contributed by atoms with van der Waals surface area (Å²) in [6.45, 7) is 2.62. The van der Waals surface area contributed by atoms with Gasteiger partial charge in [0, 0.05) is 12.1 Å². The first-order chi connectivity index (χ1) is 10.5. The number of rotatable bonds is 3. The predicted molar refractivity (Wildman–Crippen MR) is 86.0 cm³/mol. The van der Waals surface area contributed by atoms with Crippen molar-refractivity contribution in [2.75, 3.05) is 6.54 Å². The van der Waals surface area contributed by atoms with Crippen molar-refractivity contribution >= 4 is 10.0 Å². The third-order valence-corrected chi connectivity index (χ3v) is 5.46. The first kappa shape index (κ1) is 15.1. The molecule has 0 radical (unpaired) electrons. The molecule has 116 valence electrons. The second-order valence-corrected chi connectivity index (χ2v) is 7.54. The highest BCUT2D eigenvalue weighted by molar-refractivity contribution is 7.88. The molecule has 0 N–H and O–H groups in total. The number of para-hydroxylation sites is 1. The number of ether oxygens (including phenoxy) is 1. The van der Waals surface area contributed by atoms with E-state index in [9.17, 15) is 8.42 Å². The lowest BCUT2D eigenvalue weighted by molar-refractivity contribution is 0.201. The average molecular weight is 317 g/mol. The lowest BCUT2D eigenvalue weighted by Gasteiger charge is -2.21. The second-order valence-electron chi connectivity index (χ2n) is 5.57. The highest BCUT2D eigenvalue weighted by Crippen LogP contribution is 2.27. The van der Waals surface area contributed by atoms with Gasteiger partial charge in [0.15, 0.2) is 0 Å². The Bertz CT molecular complexity index is 744. The van der Waals surface area contributed by atoms with Crippen molar-refractivity contribution in [2.24, 2.45) is 0 Å². The molecule has 2 aromatic rings. The molecule has 0 aromatic heterocycles. The zero-order valence-corrected chi connectivity index (χ0v) is 13.3. The third kappa shape index (κ3) is 3.31. The summed E-state index contributed by atoms with van der Waals surface area (Å²) < 4.78 is 32.8. The monoisotopic (exact) mass is 317 g/mol. The Balaban J connectivity index is 1.87. The molecule has 1 heterocycles. The number of fused-ring (bicyclic) bond motifs is 1. The van der Waals surface area contributed by atoms with Crippen molar-refractivity contribution in [3.8, 4) is 5.75 Å². The number of hydrogen-bond acceptors (Lipinski definition) is 3. The topological polar surface area (TPSA) is 46.6 Å². The zero-order valence-electron chi connectivity index (χ0n) is 12.5. The molecule has 0 spiro atoms. The van der Waals surface area contributed by atoms with E-state index >= 15 is 0 Å². The molecule has 0 aliphatic carbocycles. The smallest absolute Gasteiger partial charge is 0.218 e. The number of benzene rings is 2. The van der Waals surface area contributed by atoms with Gasteiger partial charge in [-0.1, -0.05) is 48.5 Å². The van der Waals surface area contributed by atoms with E-state index in [-0.39, 0.29) is 11.9 Å². The molecule has 5 heteroatoms. The molecule has 2 aromatic carbocycles. The SMILES string of the molecule is CC1CN(S(=O)(=O)Cc2ccccc2)Cc2ccccc2O1. The van der Waals surface area contributed by atoms with Crippen LogP contribution in [-0.4, -0.2) is 25.4 Å².